The number of nitrogens with zero attached hydrogens (tertiary/aromatic N) is 1. The maximum atomic E-state index is 5.67. The van der Waals surface area contributed by atoms with E-state index in [-0.39, 0.29) is 6.04 Å². The van der Waals surface area contributed by atoms with Gasteiger partial charge in [0, 0.05) is 39.5 Å². The third-order valence-corrected chi connectivity index (χ3v) is 4.88. The number of benzene rings is 1. The Kier molecular flexibility index (Phi) is 6.70. The molecule has 2 rings (SSSR count). The third-order valence-electron chi connectivity index (χ3n) is 3.23. The second-order valence-electron chi connectivity index (χ2n) is 4.85. The highest BCUT2D eigenvalue weighted by molar-refractivity contribution is 9.10. The van der Waals surface area contributed by atoms with Crippen LogP contribution in [0.3, 0.4) is 0 Å². The van der Waals surface area contributed by atoms with Crippen molar-refractivity contribution in [1.82, 2.24) is 10.4 Å². The number of rotatable bonds is 7. The summed E-state index contributed by atoms with van der Waals surface area (Å²) in [5.41, 5.74) is 5.23. The SMILES string of the molecule is CCc1ccc(CC(CSc2cccc(Br)c2)NN)nc1. The van der Waals surface area contributed by atoms with E-state index in [1.54, 1.807) is 11.8 Å². The molecule has 3 N–H and O–H groups in total. The lowest BCUT2D eigenvalue weighted by atomic mass is 10.1. The van der Waals surface area contributed by atoms with Crippen molar-refractivity contribution in [2.45, 2.75) is 30.7 Å². The lowest BCUT2D eigenvalue weighted by Crippen LogP contribution is -2.38. The highest BCUT2D eigenvalue weighted by Gasteiger charge is 2.09. The Labute approximate surface area is 138 Å². The summed E-state index contributed by atoms with van der Waals surface area (Å²) >= 11 is 5.28. The van der Waals surface area contributed by atoms with E-state index >= 15 is 0 Å². The van der Waals surface area contributed by atoms with E-state index in [2.05, 4.69) is 57.5 Å². The van der Waals surface area contributed by atoms with E-state index < -0.39 is 0 Å². The second-order valence-corrected chi connectivity index (χ2v) is 6.86. The fourth-order valence-corrected chi connectivity index (χ4v) is 3.50. The molecule has 1 aromatic carbocycles. The number of hydrogen-bond acceptors (Lipinski definition) is 4. The molecule has 0 spiro atoms. The summed E-state index contributed by atoms with van der Waals surface area (Å²) in [6.07, 6.45) is 3.80. The summed E-state index contributed by atoms with van der Waals surface area (Å²) in [7, 11) is 0. The van der Waals surface area contributed by atoms with Crippen molar-refractivity contribution in [1.29, 1.82) is 0 Å². The molecule has 0 amide bonds. The minimum Gasteiger partial charge on any atom is -0.271 e. The van der Waals surface area contributed by atoms with Crippen molar-refractivity contribution < 1.29 is 0 Å². The monoisotopic (exact) mass is 365 g/mol. The van der Waals surface area contributed by atoms with Crippen LogP contribution < -0.4 is 11.3 Å². The topological polar surface area (TPSA) is 50.9 Å². The predicted octanol–water partition coefficient (Wildman–Crippen LogP) is 3.57. The molecular weight excluding hydrogens is 346 g/mol. The smallest absolute Gasteiger partial charge is 0.0420 e. The molecule has 21 heavy (non-hydrogen) atoms. The zero-order valence-electron chi connectivity index (χ0n) is 12.1. The average molecular weight is 366 g/mol. The molecule has 0 aliphatic rings. The summed E-state index contributed by atoms with van der Waals surface area (Å²) in [6.45, 7) is 2.13. The van der Waals surface area contributed by atoms with E-state index in [1.807, 2.05) is 18.3 Å². The van der Waals surface area contributed by atoms with Crippen LogP contribution in [0.5, 0.6) is 0 Å². The first-order chi connectivity index (χ1) is 10.2. The quantitative estimate of drug-likeness (QED) is 0.447. The number of hydrazine groups is 1. The molecule has 1 heterocycles. The molecule has 2 aromatic rings. The molecule has 5 heteroatoms. The lowest BCUT2D eigenvalue weighted by molar-refractivity contribution is 0.569. The van der Waals surface area contributed by atoms with Crippen molar-refractivity contribution in [2.24, 2.45) is 5.84 Å². The maximum absolute atomic E-state index is 5.67. The largest absolute Gasteiger partial charge is 0.271 e. The lowest BCUT2D eigenvalue weighted by Gasteiger charge is -2.15. The summed E-state index contributed by atoms with van der Waals surface area (Å²) in [5.74, 6) is 6.58. The molecule has 112 valence electrons. The molecular formula is C16H20BrN3S. The zero-order valence-corrected chi connectivity index (χ0v) is 14.5. The van der Waals surface area contributed by atoms with Crippen molar-refractivity contribution in [3.63, 3.8) is 0 Å². The number of pyridine rings is 1. The Bertz CT molecular complexity index is 560. The van der Waals surface area contributed by atoms with Crippen LogP contribution in [0, 0.1) is 0 Å². The van der Waals surface area contributed by atoms with Crippen molar-refractivity contribution in [3.8, 4) is 0 Å². The van der Waals surface area contributed by atoms with Gasteiger partial charge >= 0.3 is 0 Å². The van der Waals surface area contributed by atoms with Crippen molar-refractivity contribution in [2.75, 3.05) is 5.75 Å². The summed E-state index contributed by atoms with van der Waals surface area (Å²) in [4.78, 5) is 5.73. The molecule has 0 bridgehead atoms. The summed E-state index contributed by atoms with van der Waals surface area (Å²) < 4.78 is 1.10. The molecule has 1 unspecified atom stereocenters. The Morgan fingerprint density at radius 2 is 2.19 bits per heavy atom. The van der Waals surface area contributed by atoms with Crippen LogP contribution in [-0.2, 0) is 12.8 Å². The third kappa shape index (κ3) is 5.43. The fourth-order valence-electron chi connectivity index (χ4n) is 1.96. The number of thioether (sulfide) groups is 1. The number of hydrogen-bond donors (Lipinski definition) is 2. The summed E-state index contributed by atoms with van der Waals surface area (Å²) in [6, 6.07) is 12.7. The number of nitrogens with one attached hydrogen (secondary N) is 1. The van der Waals surface area contributed by atoms with Crippen LogP contribution in [0.15, 0.2) is 52.0 Å². The van der Waals surface area contributed by atoms with Gasteiger partial charge in [-0.3, -0.25) is 16.3 Å². The molecule has 1 aromatic heterocycles. The van der Waals surface area contributed by atoms with E-state index in [0.717, 1.165) is 28.8 Å². The zero-order chi connectivity index (χ0) is 15.1. The molecule has 0 saturated carbocycles. The van der Waals surface area contributed by atoms with Gasteiger partial charge in [0.05, 0.1) is 0 Å². The van der Waals surface area contributed by atoms with Gasteiger partial charge in [0.1, 0.15) is 0 Å². The molecule has 1 atom stereocenters. The van der Waals surface area contributed by atoms with Crippen LogP contribution in [-0.4, -0.2) is 16.8 Å². The Morgan fingerprint density at radius 1 is 1.33 bits per heavy atom. The molecule has 3 nitrogen and oxygen atoms in total. The molecule has 0 aliphatic carbocycles. The van der Waals surface area contributed by atoms with Gasteiger partial charge in [-0.2, -0.15) is 0 Å². The average Bonchev–Trinajstić information content (AvgIpc) is 2.52. The number of nitrogens with two attached hydrogens (primary N) is 1. The van der Waals surface area contributed by atoms with Crippen LogP contribution in [0.4, 0.5) is 0 Å². The minimum absolute atomic E-state index is 0.203. The highest BCUT2D eigenvalue weighted by Crippen LogP contribution is 2.23. The van der Waals surface area contributed by atoms with Gasteiger partial charge in [0.15, 0.2) is 0 Å². The van der Waals surface area contributed by atoms with Gasteiger partial charge in [0.25, 0.3) is 0 Å². The van der Waals surface area contributed by atoms with Crippen LogP contribution in [0.1, 0.15) is 18.2 Å². The standard InChI is InChI=1S/C16H20BrN3S/c1-2-12-6-7-14(19-10-12)9-15(20-18)11-21-16-5-3-4-13(17)8-16/h3-8,10,15,20H,2,9,11,18H2,1H3. The first kappa shape index (κ1) is 16.5. The Morgan fingerprint density at radius 3 is 2.81 bits per heavy atom. The van der Waals surface area contributed by atoms with E-state index in [4.69, 9.17) is 5.84 Å². The van der Waals surface area contributed by atoms with Gasteiger partial charge in [-0.1, -0.05) is 35.0 Å². The van der Waals surface area contributed by atoms with Crippen molar-refractivity contribution >= 4 is 27.7 Å². The number of aryl methyl sites for hydroxylation is 1. The highest BCUT2D eigenvalue weighted by atomic mass is 79.9. The van der Waals surface area contributed by atoms with Crippen LogP contribution >= 0.6 is 27.7 Å². The molecule has 0 radical (unpaired) electrons. The normalized spacial score (nSPS) is 12.3. The first-order valence-electron chi connectivity index (χ1n) is 6.99. The van der Waals surface area contributed by atoms with Crippen LogP contribution in [0.25, 0.3) is 0 Å². The fraction of sp³-hybridized carbons (Fsp3) is 0.312. The van der Waals surface area contributed by atoms with E-state index in [9.17, 15) is 0 Å². The molecule has 0 fully saturated rings. The molecule has 0 aliphatic heterocycles. The Balaban J connectivity index is 1.90. The second kappa shape index (κ2) is 8.54. The minimum atomic E-state index is 0.203. The first-order valence-corrected chi connectivity index (χ1v) is 8.77. The van der Waals surface area contributed by atoms with Gasteiger partial charge in [0.2, 0.25) is 0 Å². The maximum Gasteiger partial charge on any atom is 0.0420 e. The van der Waals surface area contributed by atoms with Gasteiger partial charge in [-0.05, 0) is 36.2 Å². The van der Waals surface area contributed by atoms with Crippen LogP contribution in [0.2, 0.25) is 0 Å². The van der Waals surface area contributed by atoms with Gasteiger partial charge in [-0.25, -0.2) is 0 Å². The summed E-state index contributed by atoms with van der Waals surface area (Å²) in [5, 5.41) is 0. The van der Waals surface area contributed by atoms with Gasteiger partial charge < -0.3 is 0 Å². The molecule has 0 saturated heterocycles. The van der Waals surface area contributed by atoms with Gasteiger partial charge in [-0.15, -0.1) is 11.8 Å². The van der Waals surface area contributed by atoms with Crippen molar-refractivity contribution in [3.05, 3.63) is 58.3 Å². The van der Waals surface area contributed by atoms with E-state index in [1.165, 1.54) is 10.5 Å². The number of halogens is 1. The predicted molar refractivity (Wildman–Crippen MR) is 93.3 cm³/mol. The Hall–Kier alpha value is -0.880. The van der Waals surface area contributed by atoms with E-state index in [0.29, 0.717) is 0 Å². The number of aromatic nitrogens is 1.